The summed E-state index contributed by atoms with van der Waals surface area (Å²) in [4.78, 5) is 29.3. The molecular weight excluding hydrogens is 364 g/mol. The van der Waals surface area contributed by atoms with Crippen LogP contribution in [0.2, 0.25) is 0 Å². The van der Waals surface area contributed by atoms with Crippen molar-refractivity contribution in [1.29, 1.82) is 0 Å². The molecule has 1 N–H and O–H groups in total. The molecule has 3 aromatic rings. The van der Waals surface area contributed by atoms with Gasteiger partial charge < -0.3 is 9.84 Å². The number of nitrogens with one attached hydrogen (secondary N) is 1. The fourth-order valence-electron chi connectivity index (χ4n) is 2.36. The van der Waals surface area contributed by atoms with Gasteiger partial charge in [0, 0.05) is 42.3 Å². The highest BCUT2D eigenvalue weighted by atomic mass is 32.2. The zero-order valence-electron chi connectivity index (χ0n) is 15.3. The molecule has 0 saturated heterocycles. The van der Waals surface area contributed by atoms with Gasteiger partial charge in [-0.05, 0) is 39.0 Å². The molecule has 9 heteroatoms. The number of nitrogens with zero attached hydrogens (tertiary/aromatic N) is 5. The highest BCUT2D eigenvalue weighted by molar-refractivity contribution is 8.00. The van der Waals surface area contributed by atoms with Crippen molar-refractivity contribution in [2.75, 3.05) is 6.54 Å². The van der Waals surface area contributed by atoms with Crippen molar-refractivity contribution in [1.82, 2.24) is 30.4 Å². The van der Waals surface area contributed by atoms with Gasteiger partial charge in [0.15, 0.2) is 5.16 Å². The molecule has 3 aromatic heterocycles. The summed E-state index contributed by atoms with van der Waals surface area (Å²) >= 11 is 1.34. The minimum absolute atomic E-state index is 0.0882. The van der Waals surface area contributed by atoms with E-state index in [1.807, 2.05) is 39.0 Å². The van der Waals surface area contributed by atoms with Gasteiger partial charge in [-0.15, -0.1) is 0 Å². The van der Waals surface area contributed by atoms with Crippen LogP contribution in [0, 0.1) is 13.8 Å². The summed E-state index contributed by atoms with van der Waals surface area (Å²) in [6.07, 6.45) is 3.81. The van der Waals surface area contributed by atoms with Crippen molar-refractivity contribution >= 4 is 17.7 Å². The number of amides is 1. The predicted molar refractivity (Wildman–Crippen MR) is 101 cm³/mol. The molecule has 0 fully saturated rings. The van der Waals surface area contributed by atoms with E-state index in [2.05, 4.69) is 30.4 Å². The third-order valence-electron chi connectivity index (χ3n) is 3.64. The number of thioether (sulfide) groups is 1. The van der Waals surface area contributed by atoms with Crippen LogP contribution in [-0.4, -0.2) is 42.8 Å². The Bertz CT molecular complexity index is 895. The highest BCUT2D eigenvalue weighted by Gasteiger charge is 2.16. The van der Waals surface area contributed by atoms with Crippen LogP contribution in [0.3, 0.4) is 0 Å². The largest absolute Gasteiger partial charge is 0.355 e. The molecule has 0 aliphatic heterocycles. The van der Waals surface area contributed by atoms with E-state index < -0.39 is 0 Å². The van der Waals surface area contributed by atoms with E-state index in [0.29, 0.717) is 29.8 Å². The number of hydrogen-bond acceptors (Lipinski definition) is 8. The van der Waals surface area contributed by atoms with Crippen molar-refractivity contribution < 1.29 is 9.32 Å². The fraction of sp³-hybridized carbons (Fsp3) is 0.333. The first-order valence-corrected chi connectivity index (χ1v) is 9.39. The lowest BCUT2D eigenvalue weighted by Crippen LogP contribution is -2.32. The maximum absolute atomic E-state index is 12.3. The molecule has 1 atom stereocenters. The standard InChI is InChI=1S/C18H20N6O2S/c1-11-9-12(2)22-18(21-11)27-13(3)17(25)20-8-6-15-23-16(24-26-15)14-5-4-7-19-10-14/h4-5,7,9-10,13H,6,8H2,1-3H3,(H,20,25). The van der Waals surface area contributed by atoms with Crippen molar-refractivity contribution in [3.63, 3.8) is 0 Å². The lowest BCUT2D eigenvalue weighted by Gasteiger charge is -2.11. The number of carbonyl (C=O) groups excluding carboxylic acids is 1. The Morgan fingerprint density at radius 2 is 2.04 bits per heavy atom. The summed E-state index contributed by atoms with van der Waals surface area (Å²) in [5.41, 5.74) is 2.56. The smallest absolute Gasteiger partial charge is 0.233 e. The molecule has 0 spiro atoms. The van der Waals surface area contributed by atoms with E-state index in [1.54, 1.807) is 12.4 Å². The van der Waals surface area contributed by atoms with E-state index in [0.717, 1.165) is 17.0 Å². The van der Waals surface area contributed by atoms with Crippen LogP contribution in [0.25, 0.3) is 11.4 Å². The van der Waals surface area contributed by atoms with Crippen LogP contribution >= 0.6 is 11.8 Å². The minimum atomic E-state index is -0.306. The average Bonchev–Trinajstić information content (AvgIpc) is 3.10. The maximum Gasteiger partial charge on any atom is 0.233 e. The number of aromatic nitrogens is 5. The zero-order valence-corrected chi connectivity index (χ0v) is 16.2. The Morgan fingerprint density at radius 3 is 2.74 bits per heavy atom. The summed E-state index contributed by atoms with van der Waals surface area (Å²) in [7, 11) is 0. The van der Waals surface area contributed by atoms with Crippen LogP contribution in [0.4, 0.5) is 0 Å². The first-order valence-electron chi connectivity index (χ1n) is 8.51. The van der Waals surface area contributed by atoms with Gasteiger partial charge in [-0.25, -0.2) is 9.97 Å². The van der Waals surface area contributed by atoms with Crippen LogP contribution in [-0.2, 0) is 11.2 Å². The van der Waals surface area contributed by atoms with Crippen LogP contribution in [0.15, 0.2) is 40.3 Å². The van der Waals surface area contributed by atoms with Crippen LogP contribution < -0.4 is 5.32 Å². The SMILES string of the molecule is Cc1cc(C)nc(SC(C)C(=O)NCCc2nc(-c3cccnc3)no2)n1. The number of rotatable bonds is 7. The summed E-state index contributed by atoms with van der Waals surface area (Å²) in [6, 6.07) is 5.57. The van der Waals surface area contributed by atoms with Crippen molar-refractivity contribution in [3.05, 3.63) is 47.9 Å². The maximum atomic E-state index is 12.3. The molecule has 3 rings (SSSR count). The van der Waals surface area contributed by atoms with Crippen molar-refractivity contribution in [2.24, 2.45) is 0 Å². The molecule has 0 aromatic carbocycles. The van der Waals surface area contributed by atoms with E-state index in [-0.39, 0.29) is 11.2 Å². The average molecular weight is 384 g/mol. The number of carbonyl (C=O) groups is 1. The van der Waals surface area contributed by atoms with E-state index in [1.165, 1.54) is 11.8 Å². The Balaban J connectivity index is 1.48. The van der Waals surface area contributed by atoms with Gasteiger partial charge >= 0.3 is 0 Å². The molecule has 0 saturated carbocycles. The normalized spacial score (nSPS) is 12.0. The monoisotopic (exact) mass is 384 g/mol. The summed E-state index contributed by atoms with van der Waals surface area (Å²) in [5.74, 6) is 0.863. The third-order valence-corrected chi connectivity index (χ3v) is 4.60. The number of hydrogen-bond donors (Lipinski definition) is 1. The molecule has 3 heterocycles. The van der Waals surface area contributed by atoms with Gasteiger partial charge in [-0.1, -0.05) is 16.9 Å². The molecule has 0 aliphatic rings. The van der Waals surface area contributed by atoms with Crippen LogP contribution in [0.1, 0.15) is 24.2 Å². The topological polar surface area (TPSA) is 107 Å². The molecule has 1 unspecified atom stereocenters. The summed E-state index contributed by atoms with van der Waals surface area (Å²) < 4.78 is 5.22. The van der Waals surface area contributed by atoms with Gasteiger partial charge in [0.1, 0.15) is 0 Å². The Morgan fingerprint density at radius 1 is 1.26 bits per heavy atom. The lowest BCUT2D eigenvalue weighted by atomic mass is 10.3. The van der Waals surface area contributed by atoms with Crippen molar-refractivity contribution in [2.45, 2.75) is 37.6 Å². The lowest BCUT2D eigenvalue weighted by molar-refractivity contribution is -0.120. The predicted octanol–water partition coefficient (Wildman–Crippen LogP) is 2.38. The molecular formula is C18H20N6O2S. The minimum Gasteiger partial charge on any atom is -0.355 e. The first kappa shape index (κ1) is 19.0. The van der Waals surface area contributed by atoms with Gasteiger partial charge in [0.05, 0.1) is 5.25 Å². The summed E-state index contributed by atoms with van der Waals surface area (Å²) in [5, 5.41) is 7.11. The molecule has 8 nitrogen and oxygen atoms in total. The first-order chi connectivity index (χ1) is 13.0. The number of aryl methyl sites for hydroxylation is 2. The molecule has 0 aliphatic carbocycles. The Hall–Kier alpha value is -2.81. The van der Waals surface area contributed by atoms with Gasteiger partial charge in [0.25, 0.3) is 0 Å². The molecule has 1 amide bonds. The molecule has 0 bridgehead atoms. The highest BCUT2D eigenvalue weighted by Crippen LogP contribution is 2.20. The Labute approximate surface area is 161 Å². The van der Waals surface area contributed by atoms with E-state index >= 15 is 0 Å². The second kappa shape index (κ2) is 8.72. The van der Waals surface area contributed by atoms with E-state index in [9.17, 15) is 4.79 Å². The molecule has 140 valence electrons. The van der Waals surface area contributed by atoms with Crippen molar-refractivity contribution in [3.8, 4) is 11.4 Å². The molecule has 27 heavy (non-hydrogen) atoms. The van der Waals surface area contributed by atoms with E-state index in [4.69, 9.17) is 4.52 Å². The van der Waals surface area contributed by atoms with Crippen LogP contribution in [0.5, 0.6) is 0 Å². The Kier molecular flexibility index (Phi) is 6.12. The third kappa shape index (κ3) is 5.33. The quantitative estimate of drug-likeness (QED) is 0.489. The second-order valence-electron chi connectivity index (χ2n) is 5.99. The molecule has 0 radical (unpaired) electrons. The zero-order chi connectivity index (χ0) is 19.2. The fourth-order valence-corrected chi connectivity index (χ4v) is 3.26. The van der Waals surface area contributed by atoms with Gasteiger partial charge in [0.2, 0.25) is 17.6 Å². The number of pyridine rings is 1. The summed E-state index contributed by atoms with van der Waals surface area (Å²) in [6.45, 7) is 6.06. The van der Waals surface area contributed by atoms with Gasteiger partial charge in [-0.3, -0.25) is 9.78 Å². The second-order valence-corrected chi connectivity index (χ2v) is 7.30. The van der Waals surface area contributed by atoms with Gasteiger partial charge in [-0.2, -0.15) is 4.98 Å².